The third-order valence-corrected chi connectivity index (χ3v) is 2.77. The number of terminal acetylenes is 1. The number of hydrogen-bond donors (Lipinski definition) is 2. The molecule has 0 aliphatic rings. The third-order valence-electron chi connectivity index (χ3n) is 2.77. The molecular formula is C15H19F2N3O2. The lowest BCUT2D eigenvalue weighted by Gasteiger charge is -2.17. The number of pyridine rings is 1. The molecule has 0 spiro atoms. The molecule has 0 saturated heterocycles. The van der Waals surface area contributed by atoms with E-state index in [4.69, 9.17) is 11.2 Å². The van der Waals surface area contributed by atoms with E-state index >= 15 is 0 Å². The van der Waals surface area contributed by atoms with E-state index in [-0.39, 0.29) is 24.4 Å². The molecule has 7 heteroatoms. The molecule has 120 valence electrons. The maximum atomic E-state index is 12.2. The first-order chi connectivity index (χ1) is 10.4. The van der Waals surface area contributed by atoms with Crippen LogP contribution in [0.15, 0.2) is 18.3 Å². The van der Waals surface area contributed by atoms with Crippen LogP contribution in [0.4, 0.5) is 13.6 Å². The van der Waals surface area contributed by atoms with Crippen LogP contribution in [0.5, 0.6) is 5.88 Å². The number of carbonyl (C=O) groups is 1. The van der Waals surface area contributed by atoms with Crippen LogP contribution in [0.2, 0.25) is 0 Å². The molecule has 1 heterocycles. The minimum absolute atomic E-state index is 0.0699. The van der Waals surface area contributed by atoms with Crippen LogP contribution in [-0.2, 0) is 6.54 Å². The van der Waals surface area contributed by atoms with Crippen molar-refractivity contribution in [2.24, 2.45) is 5.92 Å². The number of nitrogens with zero attached hydrogens (tertiary/aromatic N) is 1. The minimum Gasteiger partial charge on any atom is -0.471 e. The van der Waals surface area contributed by atoms with Crippen molar-refractivity contribution in [1.29, 1.82) is 0 Å². The summed E-state index contributed by atoms with van der Waals surface area (Å²) in [7, 11) is 0. The fourth-order valence-corrected chi connectivity index (χ4v) is 1.60. The van der Waals surface area contributed by atoms with Gasteiger partial charge in [0.15, 0.2) is 6.61 Å². The molecule has 1 rings (SSSR count). The van der Waals surface area contributed by atoms with Crippen molar-refractivity contribution in [2.75, 3.05) is 6.61 Å². The van der Waals surface area contributed by atoms with Crippen molar-refractivity contribution in [1.82, 2.24) is 15.6 Å². The van der Waals surface area contributed by atoms with Crippen LogP contribution >= 0.6 is 0 Å². The van der Waals surface area contributed by atoms with Gasteiger partial charge in [-0.15, -0.1) is 6.42 Å². The summed E-state index contributed by atoms with van der Waals surface area (Å²) in [4.78, 5) is 15.6. The first-order valence-electron chi connectivity index (χ1n) is 6.79. The smallest absolute Gasteiger partial charge is 0.316 e. The molecule has 0 unspecified atom stereocenters. The first-order valence-corrected chi connectivity index (χ1v) is 6.79. The highest BCUT2D eigenvalue weighted by molar-refractivity contribution is 5.74. The van der Waals surface area contributed by atoms with Crippen LogP contribution in [0, 0.1) is 18.3 Å². The molecule has 0 bridgehead atoms. The monoisotopic (exact) mass is 311 g/mol. The van der Waals surface area contributed by atoms with E-state index in [1.807, 2.05) is 13.8 Å². The van der Waals surface area contributed by atoms with Gasteiger partial charge in [0.05, 0.1) is 6.04 Å². The highest BCUT2D eigenvalue weighted by atomic mass is 19.3. The highest BCUT2D eigenvalue weighted by Crippen LogP contribution is 2.14. The Hall–Kier alpha value is -2.36. The van der Waals surface area contributed by atoms with Gasteiger partial charge in [-0.1, -0.05) is 25.8 Å². The van der Waals surface area contributed by atoms with Gasteiger partial charge in [0.1, 0.15) is 0 Å². The van der Waals surface area contributed by atoms with E-state index in [0.29, 0.717) is 5.56 Å². The van der Waals surface area contributed by atoms with E-state index in [2.05, 4.69) is 21.5 Å². The number of amides is 2. The van der Waals surface area contributed by atoms with Crippen molar-refractivity contribution < 1.29 is 18.3 Å². The summed E-state index contributed by atoms with van der Waals surface area (Å²) in [6.45, 7) is 3.13. The molecular weight excluding hydrogens is 292 g/mol. The standard InChI is InChI=1S/C15H19F2N3O2/c1-4-12(10(2)3)20-15(21)19-8-11-6-5-7-18-14(11)22-9-13(16)17/h1,5-7,10,12-13H,8-9H2,2-3H3,(H2,19,20,21)/t12-/m1/s1. The number of ether oxygens (including phenoxy) is 1. The van der Waals surface area contributed by atoms with E-state index in [1.165, 1.54) is 6.20 Å². The maximum Gasteiger partial charge on any atom is 0.316 e. The second-order valence-corrected chi connectivity index (χ2v) is 4.89. The number of urea groups is 1. The summed E-state index contributed by atoms with van der Waals surface area (Å²) in [5.74, 6) is 2.65. The first kappa shape index (κ1) is 17.7. The van der Waals surface area contributed by atoms with E-state index in [9.17, 15) is 13.6 Å². The third kappa shape index (κ3) is 5.95. The molecule has 5 nitrogen and oxygen atoms in total. The molecule has 0 fully saturated rings. The Kier molecular flexibility index (Phi) is 7.09. The average Bonchev–Trinajstić information content (AvgIpc) is 2.48. The molecule has 0 saturated carbocycles. The zero-order chi connectivity index (χ0) is 16.5. The number of aromatic nitrogens is 1. The molecule has 0 aliphatic heterocycles. The van der Waals surface area contributed by atoms with Crippen molar-refractivity contribution in [3.8, 4) is 18.2 Å². The molecule has 2 amide bonds. The topological polar surface area (TPSA) is 63.2 Å². The Bertz CT molecular complexity index is 530. The van der Waals surface area contributed by atoms with Gasteiger partial charge in [-0.2, -0.15) is 0 Å². The zero-order valence-electron chi connectivity index (χ0n) is 12.5. The predicted octanol–water partition coefficient (Wildman–Crippen LogP) is 2.18. The number of nitrogens with one attached hydrogen (secondary N) is 2. The van der Waals surface area contributed by atoms with Gasteiger partial charge in [-0.3, -0.25) is 0 Å². The lowest BCUT2D eigenvalue weighted by atomic mass is 10.1. The van der Waals surface area contributed by atoms with E-state index in [1.54, 1.807) is 12.1 Å². The van der Waals surface area contributed by atoms with Gasteiger partial charge in [0, 0.05) is 18.3 Å². The van der Waals surface area contributed by atoms with Crippen LogP contribution in [0.1, 0.15) is 19.4 Å². The highest BCUT2D eigenvalue weighted by Gasteiger charge is 2.14. The summed E-state index contributed by atoms with van der Waals surface area (Å²) in [6.07, 6.45) is 4.17. The fourth-order valence-electron chi connectivity index (χ4n) is 1.60. The van der Waals surface area contributed by atoms with Gasteiger partial charge in [0.2, 0.25) is 5.88 Å². The summed E-state index contributed by atoms with van der Waals surface area (Å²) in [5.41, 5.74) is 0.500. The van der Waals surface area contributed by atoms with E-state index < -0.39 is 19.1 Å². The number of halogens is 2. The van der Waals surface area contributed by atoms with E-state index in [0.717, 1.165) is 0 Å². The molecule has 1 aromatic heterocycles. The number of carbonyl (C=O) groups excluding carboxylic acids is 1. The van der Waals surface area contributed by atoms with Crippen LogP contribution < -0.4 is 15.4 Å². The lowest BCUT2D eigenvalue weighted by molar-refractivity contribution is 0.0790. The Labute approximate surface area is 128 Å². The Morgan fingerprint density at radius 2 is 2.23 bits per heavy atom. The summed E-state index contributed by atoms with van der Waals surface area (Å²) >= 11 is 0. The van der Waals surface area contributed by atoms with Crippen LogP contribution in [0.3, 0.4) is 0 Å². The van der Waals surface area contributed by atoms with Crippen molar-refractivity contribution in [3.63, 3.8) is 0 Å². The van der Waals surface area contributed by atoms with Gasteiger partial charge in [-0.05, 0) is 12.0 Å². The van der Waals surface area contributed by atoms with Gasteiger partial charge in [0.25, 0.3) is 6.43 Å². The summed E-state index contributed by atoms with van der Waals surface area (Å²) in [6, 6.07) is 2.43. The molecule has 22 heavy (non-hydrogen) atoms. The quantitative estimate of drug-likeness (QED) is 0.759. The SMILES string of the molecule is C#C[C@@H](NC(=O)NCc1cccnc1OCC(F)F)C(C)C. The number of hydrogen-bond acceptors (Lipinski definition) is 3. The van der Waals surface area contributed by atoms with Gasteiger partial charge < -0.3 is 15.4 Å². The van der Waals surface area contributed by atoms with Gasteiger partial charge >= 0.3 is 6.03 Å². The fraction of sp³-hybridized carbons (Fsp3) is 0.467. The van der Waals surface area contributed by atoms with Crippen LogP contribution in [0.25, 0.3) is 0 Å². The molecule has 1 aromatic rings. The Morgan fingerprint density at radius 1 is 1.50 bits per heavy atom. The van der Waals surface area contributed by atoms with Crippen LogP contribution in [-0.4, -0.2) is 30.1 Å². The molecule has 0 aromatic carbocycles. The summed E-state index contributed by atoms with van der Waals surface area (Å²) < 4.78 is 29.3. The maximum absolute atomic E-state index is 12.2. The minimum atomic E-state index is -2.59. The van der Waals surface area contributed by atoms with Crippen molar-refractivity contribution >= 4 is 6.03 Å². The van der Waals surface area contributed by atoms with Crippen molar-refractivity contribution in [3.05, 3.63) is 23.9 Å². The average molecular weight is 311 g/mol. The Morgan fingerprint density at radius 3 is 2.82 bits per heavy atom. The number of alkyl halides is 2. The Balaban J connectivity index is 2.57. The molecule has 1 atom stereocenters. The second kappa shape index (κ2) is 8.82. The summed E-state index contributed by atoms with van der Waals surface area (Å²) in [5, 5.41) is 5.23. The lowest BCUT2D eigenvalue weighted by Crippen LogP contribution is -2.43. The molecule has 0 radical (unpaired) electrons. The largest absolute Gasteiger partial charge is 0.471 e. The normalized spacial score (nSPS) is 11.9. The predicted molar refractivity (Wildman–Crippen MR) is 78.6 cm³/mol. The molecule has 2 N–H and O–H groups in total. The zero-order valence-corrected chi connectivity index (χ0v) is 12.5. The van der Waals surface area contributed by atoms with Crippen molar-refractivity contribution in [2.45, 2.75) is 32.9 Å². The second-order valence-electron chi connectivity index (χ2n) is 4.89. The van der Waals surface area contributed by atoms with Gasteiger partial charge in [-0.25, -0.2) is 18.6 Å². The molecule has 0 aliphatic carbocycles. The number of rotatable bonds is 7.